The fourth-order valence-electron chi connectivity index (χ4n) is 3.51. The number of carbonyl (C=O) groups excluding carboxylic acids is 1. The number of piperazine rings is 1. The third-order valence-corrected chi connectivity index (χ3v) is 5.11. The number of aromatic nitrogens is 2. The van der Waals surface area contributed by atoms with Gasteiger partial charge in [-0.1, -0.05) is 6.07 Å². The third-order valence-electron chi connectivity index (χ3n) is 5.11. The van der Waals surface area contributed by atoms with E-state index >= 15 is 0 Å². The second-order valence-corrected chi connectivity index (χ2v) is 6.79. The maximum Gasteiger partial charge on any atom is 0.246 e. The first-order valence-corrected chi connectivity index (χ1v) is 8.83. The van der Waals surface area contributed by atoms with E-state index in [1.165, 1.54) is 0 Å². The summed E-state index contributed by atoms with van der Waals surface area (Å²) in [7, 11) is 1.62. The molecule has 1 N–H and O–H groups in total. The fraction of sp³-hybridized carbons (Fsp3) is 0.421. The van der Waals surface area contributed by atoms with Gasteiger partial charge < -0.3 is 19.6 Å². The minimum absolute atomic E-state index is 0.0312. The normalized spacial score (nSPS) is 22.9. The van der Waals surface area contributed by atoms with E-state index in [4.69, 9.17) is 4.74 Å². The molecule has 0 bridgehead atoms. The zero-order valence-corrected chi connectivity index (χ0v) is 14.7. The quantitative estimate of drug-likeness (QED) is 0.898. The van der Waals surface area contributed by atoms with Crippen molar-refractivity contribution in [2.24, 2.45) is 0 Å². The van der Waals surface area contributed by atoms with Crippen molar-refractivity contribution >= 4 is 17.4 Å². The topological polar surface area (TPSA) is 78.8 Å². The monoisotopic (exact) mass is 354 g/mol. The number of hydrogen-bond donors (Lipinski definition) is 1. The van der Waals surface area contributed by atoms with Gasteiger partial charge in [-0.15, -0.1) is 0 Å². The Labute approximate surface area is 152 Å². The van der Waals surface area contributed by atoms with Crippen molar-refractivity contribution in [3.05, 3.63) is 42.4 Å². The molecule has 7 heteroatoms. The number of ether oxygens (including phenoxy) is 1. The highest BCUT2D eigenvalue weighted by Crippen LogP contribution is 2.36. The van der Waals surface area contributed by atoms with E-state index in [2.05, 4.69) is 9.97 Å². The van der Waals surface area contributed by atoms with Gasteiger partial charge in [-0.25, -0.2) is 9.97 Å². The number of anilines is 2. The molecular weight excluding hydrogens is 332 g/mol. The van der Waals surface area contributed by atoms with E-state index in [1.54, 1.807) is 18.3 Å². The molecule has 1 amide bonds. The summed E-state index contributed by atoms with van der Waals surface area (Å²) in [4.78, 5) is 25.1. The van der Waals surface area contributed by atoms with Crippen LogP contribution in [0.4, 0.5) is 11.5 Å². The summed E-state index contributed by atoms with van der Waals surface area (Å²) in [6, 6.07) is 9.49. The van der Waals surface area contributed by atoms with Gasteiger partial charge in [0, 0.05) is 42.5 Å². The molecule has 26 heavy (non-hydrogen) atoms. The molecule has 2 aliphatic rings. The van der Waals surface area contributed by atoms with Crippen LogP contribution in [-0.4, -0.2) is 53.8 Å². The van der Waals surface area contributed by atoms with Crippen LogP contribution < -0.4 is 14.5 Å². The summed E-state index contributed by atoms with van der Waals surface area (Å²) in [5.74, 6) is 1.83. The van der Waals surface area contributed by atoms with Gasteiger partial charge >= 0.3 is 0 Å². The number of amides is 1. The lowest BCUT2D eigenvalue weighted by Crippen LogP contribution is -2.51. The lowest BCUT2D eigenvalue weighted by molar-refractivity contribution is -0.117. The van der Waals surface area contributed by atoms with Gasteiger partial charge in [0.05, 0.1) is 19.8 Å². The Morgan fingerprint density at radius 1 is 1.19 bits per heavy atom. The van der Waals surface area contributed by atoms with Gasteiger partial charge in [0.15, 0.2) is 0 Å². The van der Waals surface area contributed by atoms with Crippen molar-refractivity contribution in [2.75, 3.05) is 36.5 Å². The number of benzene rings is 1. The summed E-state index contributed by atoms with van der Waals surface area (Å²) in [5.41, 5.74) is 1.80. The molecule has 1 saturated heterocycles. The maximum atomic E-state index is 12.7. The summed E-state index contributed by atoms with van der Waals surface area (Å²) < 4.78 is 5.25. The molecular formula is C19H22N4O3. The molecule has 0 atom stereocenters. The second kappa shape index (κ2) is 6.92. The Hall–Kier alpha value is -2.67. The van der Waals surface area contributed by atoms with Crippen molar-refractivity contribution in [2.45, 2.75) is 24.9 Å². The number of carbonyl (C=O) groups is 1. The van der Waals surface area contributed by atoms with Crippen molar-refractivity contribution in [1.29, 1.82) is 0 Å². The Balaban J connectivity index is 1.47. The minimum Gasteiger partial charge on any atom is -0.497 e. The highest BCUT2D eigenvalue weighted by atomic mass is 16.5. The largest absolute Gasteiger partial charge is 0.497 e. The van der Waals surface area contributed by atoms with Crippen LogP contribution in [0, 0.1) is 0 Å². The molecule has 1 aliphatic carbocycles. The average molecular weight is 354 g/mol. The first-order chi connectivity index (χ1) is 12.6. The molecule has 136 valence electrons. The predicted molar refractivity (Wildman–Crippen MR) is 97.6 cm³/mol. The van der Waals surface area contributed by atoms with Gasteiger partial charge in [-0.05, 0) is 25.0 Å². The molecule has 1 aromatic carbocycles. The van der Waals surface area contributed by atoms with E-state index in [1.807, 2.05) is 35.2 Å². The number of rotatable bonds is 4. The van der Waals surface area contributed by atoms with Crippen LogP contribution in [0.15, 0.2) is 36.7 Å². The molecule has 4 rings (SSSR count). The smallest absolute Gasteiger partial charge is 0.246 e. The van der Waals surface area contributed by atoms with Gasteiger partial charge in [0.2, 0.25) is 5.91 Å². The van der Waals surface area contributed by atoms with Crippen LogP contribution in [0.25, 0.3) is 0 Å². The lowest BCUT2D eigenvalue weighted by atomic mass is 9.80. The minimum atomic E-state index is -0.216. The Bertz CT molecular complexity index is 807. The van der Waals surface area contributed by atoms with E-state index in [0.29, 0.717) is 19.0 Å². The van der Waals surface area contributed by atoms with Crippen molar-refractivity contribution in [1.82, 2.24) is 9.97 Å². The molecule has 1 aliphatic heterocycles. The van der Waals surface area contributed by atoms with Crippen LogP contribution in [0.3, 0.4) is 0 Å². The predicted octanol–water partition coefficient (Wildman–Crippen LogP) is 1.58. The van der Waals surface area contributed by atoms with E-state index in [0.717, 1.165) is 35.8 Å². The summed E-state index contributed by atoms with van der Waals surface area (Å²) in [5, 5.41) is 9.49. The van der Waals surface area contributed by atoms with Gasteiger partial charge in [0.1, 0.15) is 17.9 Å². The lowest BCUT2D eigenvalue weighted by Gasteiger charge is -2.36. The van der Waals surface area contributed by atoms with E-state index in [-0.39, 0.29) is 18.6 Å². The van der Waals surface area contributed by atoms with Crippen LogP contribution in [0.5, 0.6) is 5.75 Å². The zero-order valence-electron chi connectivity index (χ0n) is 14.7. The number of nitrogens with zero attached hydrogens (tertiary/aromatic N) is 4. The number of hydrogen-bond acceptors (Lipinski definition) is 6. The first-order valence-electron chi connectivity index (χ1n) is 8.83. The standard InChI is InChI=1S/C19H22N4O3/c1-26-16-4-2-3-14(9-16)23-6-5-22(11-19(23)25)18-10-17(20-12-21-18)13-7-15(24)8-13/h2-4,9-10,12-13,15,24H,5-8,11H2,1H3. The Kier molecular flexibility index (Phi) is 4.46. The maximum absolute atomic E-state index is 12.7. The second-order valence-electron chi connectivity index (χ2n) is 6.79. The number of aliphatic hydroxyl groups is 1. The van der Waals surface area contributed by atoms with Crippen LogP contribution in [0.2, 0.25) is 0 Å². The van der Waals surface area contributed by atoms with Crippen LogP contribution >= 0.6 is 0 Å². The highest BCUT2D eigenvalue weighted by Gasteiger charge is 2.31. The molecule has 0 radical (unpaired) electrons. The molecule has 1 saturated carbocycles. The zero-order chi connectivity index (χ0) is 18.1. The molecule has 1 aromatic heterocycles. The molecule has 0 unspecified atom stereocenters. The summed E-state index contributed by atoms with van der Waals surface area (Å²) in [6.45, 7) is 1.57. The van der Waals surface area contributed by atoms with Crippen LogP contribution in [-0.2, 0) is 4.79 Å². The number of aliphatic hydroxyl groups excluding tert-OH is 1. The van der Waals surface area contributed by atoms with E-state index < -0.39 is 0 Å². The van der Waals surface area contributed by atoms with Crippen molar-refractivity contribution in [3.63, 3.8) is 0 Å². The summed E-state index contributed by atoms with van der Waals surface area (Å²) >= 11 is 0. The molecule has 7 nitrogen and oxygen atoms in total. The van der Waals surface area contributed by atoms with Crippen molar-refractivity contribution in [3.8, 4) is 5.75 Å². The van der Waals surface area contributed by atoms with E-state index in [9.17, 15) is 9.90 Å². The molecule has 2 heterocycles. The Morgan fingerprint density at radius 2 is 2.04 bits per heavy atom. The molecule has 0 spiro atoms. The van der Waals surface area contributed by atoms with Crippen LogP contribution in [0.1, 0.15) is 24.5 Å². The first kappa shape index (κ1) is 16.8. The summed E-state index contributed by atoms with van der Waals surface area (Å²) in [6.07, 6.45) is 2.83. The Morgan fingerprint density at radius 3 is 2.77 bits per heavy atom. The van der Waals surface area contributed by atoms with Gasteiger partial charge in [0.25, 0.3) is 0 Å². The number of methoxy groups -OCH3 is 1. The molecule has 2 fully saturated rings. The van der Waals surface area contributed by atoms with Gasteiger partial charge in [-0.2, -0.15) is 0 Å². The SMILES string of the molecule is COc1cccc(N2CCN(c3cc(C4CC(O)C4)ncn3)CC2=O)c1. The highest BCUT2D eigenvalue weighted by molar-refractivity contribution is 5.97. The average Bonchev–Trinajstić information content (AvgIpc) is 2.65. The fourth-order valence-corrected chi connectivity index (χ4v) is 3.51. The van der Waals surface area contributed by atoms with Crippen molar-refractivity contribution < 1.29 is 14.6 Å². The van der Waals surface area contributed by atoms with Gasteiger partial charge in [-0.3, -0.25) is 4.79 Å². The molecule has 2 aromatic rings. The third kappa shape index (κ3) is 3.22.